The summed E-state index contributed by atoms with van der Waals surface area (Å²) in [6.07, 6.45) is 2.13. The SMILES string of the molecule is Cc1ccc(C)c(S(=O)(=O)NC(CN)C2CC2)c1.Cl. The lowest BCUT2D eigenvalue weighted by Gasteiger charge is -2.17. The molecule has 1 aliphatic carbocycles. The molecule has 0 aromatic heterocycles. The largest absolute Gasteiger partial charge is 0.329 e. The molecule has 6 heteroatoms. The van der Waals surface area contributed by atoms with Gasteiger partial charge in [-0.05, 0) is 49.8 Å². The van der Waals surface area contributed by atoms with Crippen LogP contribution in [-0.4, -0.2) is 21.0 Å². The monoisotopic (exact) mass is 304 g/mol. The van der Waals surface area contributed by atoms with Crippen molar-refractivity contribution in [2.45, 2.75) is 37.6 Å². The van der Waals surface area contributed by atoms with E-state index in [1.54, 1.807) is 6.07 Å². The molecule has 3 N–H and O–H groups in total. The Morgan fingerprint density at radius 1 is 1.37 bits per heavy atom. The number of nitrogens with one attached hydrogen (secondary N) is 1. The van der Waals surface area contributed by atoms with Crippen molar-refractivity contribution in [3.05, 3.63) is 29.3 Å². The van der Waals surface area contributed by atoms with Gasteiger partial charge in [0.05, 0.1) is 4.90 Å². The van der Waals surface area contributed by atoms with Gasteiger partial charge in [-0.2, -0.15) is 0 Å². The van der Waals surface area contributed by atoms with Gasteiger partial charge >= 0.3 is 0 Å². The maximum absolute atomic E-state index is 12.3. The highest BCUT2D eigenvalue weighted by atomic mass is 35.5. The number of halogens is 1. The zero-order valence-corrected chi connectivity index (χ0v) is 12.9. The topological polar surface area (TPSA) is 72.2 Å². The van der Waals surface area contributed by atoms with Crippen LogP contribution in [0.15, 0.2) is 23.1 Å². The van der Waals surface area contributed by atoms with Gasteiger partial charge in [0.2, 0.25) is 10.0 Å². The Labute approximate surface area is 121 Å². The minimum Gasteiger partial charge on any atom is -0.329 e. The number of hydrogen-bond acceptors (Lipinski definition) is 3. The van der Waals surface area contributed by atoms with E-state index in [2.05, 4.69) is 4.72 Å². The Hall–Kier alpha value is -0.620. The molecule has 1 atom stereocenters. The van der Waals surface area contributed by atoms with Gasteiger partial charge in [0.1, 0.15) is 0 Å². The van der Waals surface area contributed by atoms with E-state index < -0.39 is 10.0 Å². The van der Waals surface area contributed by atoms with Gasteiger partial charge in [-0.3, -0.25) is 0 Å². The summed E-state index contributed by atoms with van der Waals surface area (Å²) in [6, 6.07) is 5.32. The number of rotatable bonds is 5. The van der Waals surface area contributed by atoms with Crippen molar-refractivity contribution in [3.63, 3.8) is 0 Å². The van der Waals surface area contributed by atoms with Crippen LogP contribution in [0.2, 0.25) is 0 Å². The molecule has 1 fully saturated rings. The Morgan fingerprint density at radius 3 is 2.53 bits per heavy atom. The average Bonchev–Trinajstić information content (AvgIpc) is 3.13. The van der Waals surface area contributed by atoms with E-state index in [9.17, 15) is 8.42 Å². The molecule has 1 aromatic carbocycles. The van der Waals surface area contributed by atoms with E-state index in [1.807, 2.05) is 26.0 Å². The molecule has 108 valence electrons. The molecular weight excluding hydrogens is 284 g/mol. The molecule has 1 aromatic rings. The minimum atomic E-state index is -3.46. The van der Waals surface area contributed by atoms with Crippen molar-refractivity contribution >= 4 is 22.4 Å². The Balaban J connectivity index is 0.00000180. The molecular formula is C13H21ClN2O2S. The molecule has 0 bridgehead atoms. The van der Waals surface area contributed by atoms with Gasteiger partial charge in [-0.15, -0.1) is 12.4 Å². The molecule has 4 nitrogen and oxygen atoms in total. The number of aryl methyl sites for hydroxylation is 2. The fourth-order valence-electron chi connectivity index (χ4n) is 2.09. The third kappa shape index (κ3) is 3.92. The highest BCUT2D eigenvalue weighted by Gasteiger charge is 2.33. The summed E-state index contributed by atoms with van der Waals surface area (Å²) in [5.74, 6) is 0.412. The first-order valence-electron chi connectivity index (χ1n) is 6.23. The highest BCUT2D eigenvalue weighted by Crippen LogP contribution is 2.33. The van der Waals surface area contributed by atoms with Crippen molar-refractivity contribution in [1.82, 2.24) is 4.72 Å². The lowest BCUT2D eigenvalue weighted by molar-refractivity contribution is 0.519. The number of nitrogens with two attached hydrogens (primary N) is 1. The summed E-state index contributed by atoms with van der Waals surface area (Å²) in [6.45, 7) is 4.05. The molecule has 0 spiro atoms. The summed E-state index contributed by atoms with van der Waals surface area (Å²) in [5.41, 5.74) is 7.34. The second-order valence-corrected chi connectivity index (χ2v) is 6.75. The van der Waals surface area contributed by atoms with Crippen molar-refractivity contribution in [3.8, 4) is 0 Å². The van der Waals surface area contributed by atoms with Gasteiger partial charge in [0, 0.05) is 12.6 Å². The quantitative estimate of drug-likeness (QED) is 0.870. The van der Waals surface area contributed by atoms with Crippen LogP contribution in [0, 0.1) is 19.8 Å². The standard InChI is InChI=1S/C13H20N2O2S.ClH/c1-9-3-4-10(2)13(7-9)18(16,17)15-12(8-14)11-5-6-11;/h3-4,7,11-12,15H,5-6,8,14H2,1-2H3;1H. The lowest BCUT2D eigenvalue weighted by Crippen LogP contribution is -2.41. The van der Waals surface area contributed by atoms with Crippen molar-refractivity contribution in [2.24, 2.45) is 11.7 Å². The van der Waals surface area contributed by atoms with Crippen molar-refractivity contribution < 1.29 is 8.42 Å². The molecule has 2 rings (SSSR count). The molecule has 0 aliphatic heterocycles. The second kappa shape index (κ2) is 6.22. The minimum absolute atomic E-state index is 0. The van der Waals surface area contributed by atoms with Crippen LogP contribution < -0.4 is 10.5 Å². The normalized spacial score (nSPS) is 16.8. The van der Waals surface area contributed by atoms with Crippen molar-refractivity contribution in [2.75, 3.05) is 6.54 Å². The summed E-state index contributed by atoms with van der Waals surface area (Å²) < 4.78 is 27.4. The fraction of sp³-hybridized carbons (Fsp3) is 0.538. The van der Waals surface area contributed by atoms with E-state index in [0.717, 1.165) is 24.0 Å². The number of hydrogen-bond donors (Lipinski definition) is 2. The van der Waals surface area contributed by atoms with Crippen molar-refractivity contribution in [1.29, 1.82) is 0 Å². The molecule has 0 radical (unpaired) electrons. The zero-order chi connectivity index (χ0) is 13.3. The van der Waals surface area contributed by atoms with Crippen LogP contribution in [0.5, 0.6) is 0 Å². The van der Waals surface area contributed by atoms with Crippen LogP contribution in [0.3, 0.4) is 0 Å². The molecule has 0 amide bonds. The van der Waals surface area contributed by atoms with Crippen LogP contribution in [0.4, 0.5) is 0 Å². The van der Waals surface area contributed by atoms with Gasteiger partial charge < -0.3 is 5.73 Å². The van der Waals surface area contributed by atoms with Crippen LogP contribution >= 0.6 is 12.4 Å². The molecule has 0 heterocycles. The van der Waals surface area contributed by atoms with E-state index in [1.165, 1.54) is 0 Å². The van der Waals surface area contributed by atoms with Crippen LogP contribution in [0.1, 0.15) is 24.0 Å². The fourth-order valence-corrected chi connectivity index (χ4v) is 3.74. The summed E-state index contributed by atoms with van der Waals surface area (Å²) in [5, 5.41) is 0. The third-order valence-electron chi connectivity index (χ3n) is 3.38. The van der Waals surface area contributed by atoms with E-state index in [4.69, 9.17) is 5.73 Å². The average molecular weight is 305 g/mol. The van der Waals surface area contributed by atoms with Gasteiger partial charge in [-0.1, -0.05) is 12.1 Å². The Bertz CT molecular complexity index is 542. The van der Waals surface area contributed by atoms with E-state index in [-0.39, 0.29) is 18.4 Å². The zero-order valence-electron chi connectivity index (χ0n) is 11.2. The third-order valence-corrected chi connectivity index (χ3v) is 5.02. The summed E-state index contributed by atoms with van der Waals surface area (Å²) >= 11 is 0. The smallest absolute Gasteiger partial charge is 0.241 e. The predicted molar refractivity (Wildman–Crippen MR) is 79.1 cm³/mol. The van der Waals surface area contributed by atoms with Crippen LogP contribution in [0.25, 0.3) is 0 Å². The highest BCUT2D eigenvalue weighted by molar-refractivity contribution is 7.89. The van der Waals surface area contributed by atoms with E-state index in [0.29, 0.717) is 17.4 Å². The van der Waals surface area contributed by atoms with Gasteiger partial charge in [0.15, 0.2) is 0 Å². The number of benzene rings is 1. The lowest BCUT2D eigenvalue weighted by atomic mass is 10.2. The molecule has 1 saturated carbocycles. The number of sulfonamides is 1. The van der Waals surface area contributed by atoms with E-state index >= 15 is 0 Å². The molecule has 1 unspecified atom stereocenters. The first-order chi connectivity index (χ1) is 8.44. The summed E-state index contributed by atoms with van der Waals surface area (Å²) in [4.78, 5) is 0.363. The second-order valence-electron chi connectivity index (χ2n) is 5.07. The Morgan fingerprint density at radius 2 is 2.00 bits per heavy atom. The first kappa shape index (κ1) is 16.4. The Kier molecular flexibility index (Phi) is 5.38. The molecule has 19 heavy (non-hydrogen) atoms. The van der Waals surface area contributed by atoms with Gasteiger partial charge in [-0.25, -0.2) is 13.1 Å². The summed E-state index contributed by atoms with van der Waals surface area (Å²) in [7, 11) is -3.46. The predicted octanol–water partition coefficient (Wildman–Crippen LogP) is 1.74. The maximum atomic E-state index is 12.3. The van der Waals surface area contributed by atoms with Crippen LogP contribution in [-0.2, 0) is 10.0 Å². The molecule has 1 aliphatic rings. The first-order valence-corrected chi connectivity index (χ1v) is 7.72. The van der Waals surface area contributed by atoms with Gasteiger partial charge in [0.25, 0.3) is 0 Å². The molecule has 0 saturated heterocycles. The maximum Gasteiger partial charge on any atom is 0.241 e.